The van der Waals surface area contributed by atoms with E-state index in [-0.39, 0.29) is 30.8 Å². The number of nitrogens with one attached hydrogen (secondary N) is 1. The Morgan fingerprint density at radius 2 is 1.54 bits per heavy atom. The molecule has 3 aromatic rings. The fraction of sp³-hybridized carbons (Fsp3) is 0.310. The first-order valence-electron chi connectivity index (χ1n) is 11.9. The van der Waals surface area contributed by atoms with Gasteiger partial charge in [-0.3, -0.25) is 9.59 Å². The van der Waals surface area contributed by atoms with Crippen molar-refractivity contribution in [3.05, 3.63) is 105 Å². The van der Waals surface area contributed by atoms with E-state index in [1.807, 2.05) is 81.4 Å². The van der Waals surface area contributed by atoms with E-state index < -0.39 is 6.04 Å². The molecule has 6 heteroatoms. The van der Waals surface area contributed by atoms with Crippen LogP contribution in [0.3, 0.4) is 0 Å². The first-order valence-corrected chi connectivity index (χ1v) is 12.7. The van der Waals surface area contributed by atoms with Gasteiger partial charge in [0, 0.05) is 19.0 Å². The molecule has 0 aliphatic heterocycles. The highest BCUT2D eigenvalue weighted by Gasteiger charge is 2.31. The molecule has 0 fully saturated rings. The molecule has 2 atom stereocenters. The number of rotatable bonds is 10. The molecule has 1 N–H and O–H groups in total. The lowest BCUT2D eigenvalue weighted by molar-refractivity contribution is -0.141. The second-order valence-corrected chi connectivity index (χ2v) is 9.77. The van der Waals surface area contributed by atoms with Gasteiger partial charge in [-0.1, -0.05) is 96.4 Å². The number of benzene rings is 3. The first-order chi connectivity index (χ1) is 16.8. The van der Waals surface area contributed by atoms with Gasteiger partial charge in [0.1, 0.15) is 6.04 Å². The van der Waals surface area contributed by atoms with Gasteiger partial charge in [0.05, 0.1) is 16.5 Å². The summed E-state index contributed by atoms with van der Waals surface area (Å²) in [6.45, 7) is 6.24. The second kappa shape index (κ2) is 12.8. The molecule has 2 unspecified atom stereocenters. The molecule has 2 amide bonds. The highest BCUT2D eigenvalue weighted by molar-refractivity contribution is 6.42. The molecule has 0 heterocycles. The topological polar surface area (TPSA) is 49.4 Å². The maximum Gasteiger partial charge on any atom is 0.243 e. The zero-order valence-electron chi connectivity index (χ0n) is 20.4. The van der Waals surface area contributed by atoms with Gasteiger partial charge in [0.15, 0.2) is 0 Å². The molecule has 35 heavy (non-hydrogen) atoms. The fourth-order valence-electron chi connectivity index (χ4n) is 3.81. The maximum atomic E-state index is 13.7. The minimum atomic E-state index is -0.682. The maximum absolute atomic E-state index is 13.7. The predicted octanol–water partition coefficient (Wildman–Crippen LogP) is 6.40. The van der Waals surface area contributed by atoms with Gasteiger partial charge in [-0.2, -0.15) is 0 Å². The lowest BCUT2D eigenvalue weighted by Crippen LogP contribution is -2.52. The molecular formula is C29H32Cl2N2O2. The highest BCUT2D eigenvalue weighted by atomic mass is 35.5. The van der Waals surface area contributed by atoms with Crippen molar-refractivity contribution in [3.8, 4) is 0 Å². The van der Waals surface area contributed by atoms with Crippen molar-refractivity contribution in [2.45, 2.75) is 58.7 Å². The first kappa shape index (κ1) is 26.8. The second-order valence-electron chi connectivity index (χ2n) is 8.96. The number of hydrogen-bond acceptors (Lipinski definition) is 2. The Labute approximate surface area is 218 Å². The van der Waals surface area contributed by atoms with Crippen LogP contribution in [0.1, 0.15) is 42.5 Å². The standard InChI is InChI=1S/C29H32Cl2N2O2/c1-4-21(3)32-29(35)27(17-22-8-6-5-7-9-22)33(19-24-14-15-25(30)26(31)16-24)28(34)18-23-12-10-20(2)11-13-23/h5-16,21,27H,4,17-19H2,1-3H3,(H,32,35). The molecule has 0 aliphatic carbocycles. The minimum Gasteiger partial charge on any atom is -0.352 e. The molecule has 0 saturated heterocycles. The van der Waals surface area contributed by atoms with E-state index in [0.717, 1.165) is 28.7 Å². The Kier molecular flexibility index (Phi) is 9.76. The summed E-state index contributed by atoms with van der Waals surface area (Å²) in [5.74, 6) is -0.291. The molecule has 184 valence electrons. The van der Waals surface area contributed by atoms with Crippen LogP contribution in [0.4, 0.5) is 0 Å². The van der Waals surface area contributed by atoms with Crippen LogP contribution < -0.4 is 5.32 Å². The van der Waals surface area contributed by atoms with Crippen LogP contribution in [0.15, 0.2) is 72.8 Å². The van der Waals surface area contributed by atoms with Gasteiger partial charge in [-0.05, 0) is 49.1 Å². The van der Waals surface area contributed by atoms with E-state index in [1.165, 1.54) is 0 Å². The van der Waals surface area contributed by atoms with Crippen LogP contribution in [0.2, 0.25) is 10.0 Å². The SMILES string of the molecule is CCC(C)NC(=O)C(Cc1ccccc1)N(Cc1ccc(Cl)c(Cl)c1)C(=O)Cc1ccc(C)cc1. The van der Waals surface area contributed by atoms with Crippen molar-refractivity contribution < 1.29 is 9.59 Å². The number of nitrogens with zero attached hydrogens (tertiary/aromatic N) is 1. The van der Waals surface area contributed by atoms with E-state index in [0.29, 0.717) is 16.5 Å². The Morgan fingerprint density at radius 1 is 0.886 bits per heavy atom. The van der Waals surface area contributed by atoms with E-state index >= 15 is 0 Å². The molecule has 0 aliphatic rings. The van der Waals surface area contributed by atoms with Crippen molar-refractivity contribution >= 4 is 35.0 Å². The van der Waals surface area contributed by atoms with Crippen molar-refractivity contribution in [2.24, 2.45) is 0 Å². The van der Waals surface area contributed by atoms with Crippen molar-refractivity contribution in [1.29, 1.82) is 0 Å². The smallest absolute Gasteiger partial charge is 0.243 e. The summed E-state index contributed by atoms with van der Waals surface area (Å²) >= 11 is 12.4. The summed E-state index contributed by atoms with van der Waals surface area (Å²) in [4.78, 5) is 28.9. The zero-order chi connectivity index (χ0) is 25.4. The van der Waals surface area contributed by atoms with Gasteiger partial charge in [-0.15, -0.1) is 0 Å². The van der Waals surface area contributed by atoms with E-state index in [2.05, 4.69) is 5.32 Å². The molecule has 4 nitrogen and oxygen atoms in total. The third kappa shape index (κ3) is 7.84. The van der Waals surface area contributed by atoms with Gasteiger partial charge < -0.3 is 10.2 Å². The average Bonchev–Trinajstić information content (AvgIpc) is 2.85. The molecule has 0 aromatic heterocycles. The van der Waals surface area contributed by atoms with Crippen LogP contribution in [-0.4, -0.2) is 28.8 Å². The van der Waals surface area contributed by atoms with Crippen LogP contribution in [0.25, 0.3) is 0 Å². The van der Waals surface area contributed by atoms with E-state index in [9.17, 15) is 9.59 Å². The lowest BCUT2D eigenvalue weighted by Gasteiger charge is -2.32. The molecule has 0 bridgehead atoms. The number of aryl methyl sites for hydroxylation is 1. The average molecular weight is 511 g/mol. The summed E-state index contributed by atoms with van der Waals surface area (Å²) in [6.07, 6.45) is 1.40. The Hall–Kier alpha value is -2.82. The number of carbonyl (C=O) groups excluding carboxylic acids is 2. The van der Waals surface area contributed by atoms with Crippen molar-refractivity contribution in [3.63, 3.8) is 0 Å². The predicted molar refractivity (Wildman–Crippen MR) is 144 cm³/mol. The Bertz CT molecular complexity index is 1130. The molecule has 3 rings (SSSR count). The lowest BCUT2D eigenvalue weighted by atomic mass is 10.0. The van der Waals surface area contributed by atoms with Crippen LogP contribution in [0.5, 0.6) is 0 Å². The summed E-state index contributed by atoms with van der Waals surface area (Å²) in [6, 6.07) is 22.3. The summed E-state index contributed by atoms with van der Waals surface area (Å²) < 4.78 is 0. The van der Waals surface area contributed by atoms with Gasteiger partial charge >= 0.3 is 0 Å². The van der Waals surface area contributed by atoms with E-state index in [4.69, 9.17) is 23.2 Å². The monoisotopic (exact) mass is 510 g/mol. The largest absolute Gasteiger partial charge is 0.352 e. The molecule has 3 aromatic carbocycles. The zero-order valence-corrected chi connectivity index (χ0v) is 21.9. The third-order valence-electron chi connectivity index (χ3n) is 6.09. The molecule has 0 spiro atoms. The molecular weight excluding hydrogens is 479 g/mol. The minimum absolute atomic E-state index is 0.000185. The number of amides is 2. The van der Waals surface area contributed by atoms with Crippen molar-refractivity contribution in [2.75, 3.05) is 0 Å². The Balaban J connectivity index is 1.98. The number of halogens is 2. The van der Waals surface area contributed by atoms with Crippen molar-refractivity contribution in [1.82, 2.24) is 10.2 Å². The quantitative estimate of drug-likeness (QED) is 0.343. The van der Waals surface area contributed by atoms with E-state index in [1.54, 1.807) is 17.0 Å². The number of hydrogen-bond donors (Lipinski definition) is 1. The molecule has 0 saturated carbocycles. The summed E-state index contributed by atoms with van der Waals surface area (Å²) in [5.41, 5.74) is 3.83. The molecule has 0 radical (unpaired) electrons. The number of carbonyl (C=O) groups is 2. The van der Waals surface area contributed by atoms with Crippen LogP contribution in [-0.2, 0) is 29.0 Å². The van der Waals surface area contributed by atoms with Crippen LogP contribution >= 0.6 is 23.2 Å². The van der Waals surface area contributed by atoms with Gasteiger partial charge in [-0.25, -0.2) is 0 Å². The fourth-order valence-corrected chi connectivity index (χ4v) is 4.13. The highest BCUT2D eigenvalue weighted by Crippen LogP contribution is 2.25. The third-order valence-corrected chi connectivity index (χ3v) is 6.82. The normalized spacial score (nSPS) is 12.6. The van der Waals surface area contributed by atoms with Crippen LogP contribution in [0, 0.1) is 6.92 Å². The summed E-state index contributed by atoms with van der Waals surface area (Å²) in [7, 11) is 0. The summed E-state index contributed by atoms with van der Waals surface area (Å²) in [5, 5.41) is 3.95. The van der Waals surface area contributed by atoms with Gasteiger partial charge in [0.2, 0.25) is 11.8 Å². The van der Waals surface area contributed by atoms with Gasteiger partial charge in [0.25, 0.3) is 0 Å². The Morgan fingerprint density at radius 3 is 2.17 bits per heavy atom.